The molecule has 3 aromatic carbocycles. The molecule has 3 aromatic rings. The van der Waals surface area contributed by atoms with Crippen LogP contribution in [0.25, 0.3) is 0 Å². The molecule has 0 aliphatic heterocycles. The largest absolute Gasteiger partial charge is 0.413 e. The minimum Gasteiger partial charge on any atom is -0.413 e. The van der Waals surface area contributed by atoms with Crippen molar-refractivity contribution in [2.75, 3.05) is 0 Å². The molecule has 0 spiro atoms. The summed E-state index contributed by atoms with van der Waals surface area (Å²) in [5.74, 6) is 0. The second-order valence-corrected chi connectivity index (χ2v) is 16.5. The van der Waals surface area contributed by atoms with Crippen LogP contribution in [-0.4, -0.2) is 16.4 Å². The highest BCUT2D eigenvalue weighted by atomic mass is 28.4. The van der Waals surface area contributed by atoms with Crippen LogP contribution in [0.5, 0.6) is 0 Å². The highest BCUT2D eigenvalue weighted by Crippen LogP contribution is 2.31. The van der Waals surface area contributed by atoms with Crippen LogP contribution >= 0.6 is 0 Å². The van der Waals surface area contributed by atoms with Crippen LogP contribution in [0.3, 0.4) is 0 Å². The lowest BCUT2D eigenvalue weighted by atomic mass is 10.2. The quantitative estimate of drug-likeness (QED) is 0.549. The molecule has 1 nitrogen and oxygen atoms in total. The van der Waals surface area contributed by atoms with Crippen molar-refractivity contribution in [2.24, 2.45) is 0 Å². The van der Waals surface area contributed by atoms with Crippen LogP contribution in [0.1, 0.15) is 11.3 Å². The summed E-state index contributed by atoms with van der Waals surface area (Å²) < 4.78 is 6.90. The van der Waals surface area contributed by atoms with Crippen molar-refractivity contribution in [3.63, 3.8) is 0 Å². The van der Waals surface area contributed by atoms with Crippen molar-refractivity contribution in [3.8, 4) is 0 Å². The first kappa shape index (κ1) is 18.8. The molecule has 0 aromatic heterocycles. The van der Waals surface area contributed by atoms with Crippen LogP contribution in [-0.2, 0) is 4.43 Å². The van der Waals surface area contributed by atoms with Crippen LogP contribution in [0.2, 0.25) is 26.2 Å². The van der Waals surface area contributed by atoms with E-state index in [1.807, 2.05) is 0 Å². The number of rotatable bonds is 6. The highest BCUT2D eigenvalue weighted by molar-refractivity contribution is 7.02. The molecule has 134 valence electrons. The monoisotopic (exact) mass is 376 g/mol. The van der Waals surface area contributed by atoms with E-state index in [4.69, 9.17) is 4.43 Å². The molecule has 0 radical (unpaired) electrons. The summed E-state index contributed by atoms with van der Waals surface area (Å²) in [6, 6.07) is 32.7. The summed E-state index contributed by atoms with van der Waals surface area (Å²) in [5, 5.41) is 2.83. The van der Waals surface area contributed by atoms with E-state index in [1.165, 1.54) is 15.9 Å². The fraction of sp³-hybridized carbons (Fsp3) is 0.217. The summed E-state index contributed by atoms with van der Waals surface area (Å²) in [6.45, 7) is 9.31. The molecule has 1 atom stereocenters. The fourth-order valence-corrected chi connectivity index (χ4v) is 9.95. The van der Waals surface area contributed by atoms with Gasteiger partial charge in [0.25, 0.3) is 0 Å². The van der Waals surface area contributed by atoms with Gasteiger partial charge in [-0.3, -0.25) is 0 Å². The van der Waals surface area contributed by atoms with Gasteiger partial charge in [0.15, 0.2) is 8.32 Å². The third kappa shape index (κ3) is 4.06. The van der Waals surface area contributed by atoms with Crippen LogP contribution < -0.4 is 10.4 Å². The normalized spacial score (nSPS) is 13.4. The topological polar surface area (TPSA) is 9.23 Å². The van der Waals surface area contributed by atoms with E-state index in [2.05, 4.69) is 117 Å². The van der Waals surface area contributed by atoms with Gasteiger partial charge in [-0.2, -0.15) is 0 Å². The zero-order chi connectivity index (χ0) is 18.6. The van der Waals surface area contributed by atoms with E-state index in [0.717, 1.165) is 0 Å². The molecule has 3 rings (SSSR count). The zero-order valence-corrected chi connectivity index (χ0v) is 18.1. The van der Waals surface area contributed by atoms with E-state index in [0.29, 0.717) is 0 Å². The highest BCUT2D eigenvalue weighted by Gasteiger charge is 2.43. The SMILES string of the molecule is C[Si](C)(C)OC(c1ccccc1)[Si](C)(c1ccccc1)c1ccccc1. The van der Waals surface area contributed by atoms with E-state index in [-0.39, 0.29) is 5.73 Å². The fourth-order valence-electron chi connectivity index (χ4n) is 3.54. The second kappa shape index (κ2) is 7.74. The van der Waals surface area contributed by atoms with E-state index >= 15 is 0 Å². The third-order valence-corrected chi connectivity index (χ3v) is 10.6. The Balaban J connectivity index is 2.23. The molecule has 26 heavy (non-hydrogen) atoms. The molecule has 0 saturated carbocycles. The molecule has 0 N–H and O–H groups in total. The van der Waals surface area contributed by atoms with E-state index in [9.17, 15) is 0 Å². The molecule has 0 saturated heterocycles. The van der Waals surface area contributed by atoms with Crippen molar-refractivity contribution in [2.45, 2.75) is 31.9 Å². The standard InChI is InChI=1S/C23H28OSi2/c1-25(2,3)24-23(20-14-8-5-9-15-20)26(4,21-16-10-6-11-17-21)22-18-12-7-13-19-22/h5-19,23H,1-4H3. The molecule has 0 aliphatic carbocycles. The molecule has 3 heteroatoms. The molecular formula is C23H28OSi2. The van der Waals surface area contributed by atoms with Gasteiger partial charge >= 0.3 is 0 Å². The Morgan fingerprint density at radius 2 is 0.962 bits per heavy atom. The van der Waals surface area contributed by atoms with Gasteiger partial charge in [0.2, 0.25) is 0 Å². The van der Waals surface area contributed by atoms with Gasteiger partial charge in [0.1, 0.15) is 8.07 Å². The summed E-state index contributed by atoms with van der Waals surface area (Å²) >= 11 is 0. The average molecular weight is 377 g/mol. The third-order valence-electron chi connectivity index (χ3n) is 4.85. The lowest BCUT2D eigenvalue weighted by Crippen LogP contribution is -2.62. The predicted octanol–water partition coefficient (Wildman–Crippen LogP) is 5.01. The number of hydrogen-bond acceptors (Lipinski definition) is 1. The summed E-state index contributed by atoms with van der Waals surface area (Å²) in [4.78, 5) is 0. The molecule has 0 fully saturated rings. The van der Waals surface area contributed by atoms with Crippen molar-refractivity contribution >= 4 is 26.8 Å². The lowest BCUT2D eigenvalue weighted by molar-refractivity contribution is 0.271. The summed E-state index contributed by atoms with van der Waals surface area (Å²) in [7, 11) is -3.91. The Bertz CT molecular complexity index is 772. The van der Waals surface area contributed by atoms with Crippen LogP contribution in [0.4, 0.5) is 0 Å². The first-order valence-electron chi connectivity index (χ1n) is 9.25. The first-order chi connectivity index (χ1) is 12.4. The average Bonchev–Trinajstić information content (AvgIpc) is 2.67. The van der Waals surface area contributed by atoms with Gasteiger partial charge in [-0.1, -0.05) is 108 Å². The maximum atomic E-state index is 6.90. The van der Waals surface area contributed by atoms with E-state index < -0.39 is 16.4 Å². The lowest BCUT2D eigenvalue weighted by Gasteiger charge is -2.40. The van der Waals surface area contributed by atoms with E-state index in [1.54, 1.807) is 0 Å². The van der Waals surface area contributed by atoms with Gasteiger partial charge in [-0.05, 0) is 25.2 Å². The summed E-state index contributed by atoms with van der Waals surface area (Å²) in [6.07, 6.45) is 0. The maximum Gasteiger partial charge on any atom is 0.184 e. The Morgan fingerprint density at radius 3 is 1.35 bits per heavy atom. The Kier molecular flexibility index (Phi) is 5.61. The molecule has 0 bridgehead atoms. The van der Waals surface area contributed by atoms with Crippen molar-refractivity contribution < 1.29 is 4.43 Å². The minimum atomic E-state index is -2.17. The zero-order valence-electron chi connectivity index (χ0n) is 16.1. The van der Waals surface area contributed by atoms with Gasteiger partial charge < -0.3 is 4.43 Å². The van der Waals surface area contributed by atoms with Gasteiger partial charge in [0, 0.05) is 0 Å². The number of hydrogen-bond donors (Lipinski definition) is 0. The molecule has 0 amide bonds. The first-order valence-corrected chi connectivity index (χ1v) is 15.2. The van der Waals surface area contributed by atoms with Crippen molar-refractivity contribution in [1.29, 1.82) is 0 Å². The molecule has 0 aliphatic rings. The second-order valence-electron chi connectivity index (χ2n) is 7.96. The van der Waals surface area contributed by atoms with Gasteiger partial charge in [-0.15, -0.1) is 0 Å². The Labute approximate surface area is 159 Å². The minimum absolute atomic E-state index is 0.0974. The number of benzene rings is 3. The van der Waals surface area contributed by atoms with Crippen LogP contribution in [0.15, 0.2) is 91.0 Å². The molecule has 1 unspecified atom stereocenters. The van der Waals surface area contributed by atoms with Gasteiger partial charge in [0.05, 0.1) is 5.73 Å². The molecular weight excluding hydrogens is 348 g/mol. The Morgan fingerprint density at radius 1 is 0.577 bits per heavy atom. The Hall–Kier alpha value is -1.95. The smallest absolute Gasteiger partial charge is 0.184 e. The van der Waals surface area contributed by atoms with Crippen molar-refractivity contribution in [3.05, 3.63) is 96.6 Å². The van der Waals surface area contributed by atoms with Crippen LogP contribution in [0, 0.1) is 0 Å². The van der Waals surface area contributed by atoms with Gasteiger partial charge in [-0.25, -0.2) is 0 Å². The predicted molar refractivity (Wildman–Crippen MR) is 117 cm³/mol. The summed E-state index contributed by atoms with van der Waals surface area (Å²) in [5.41, 5.74) is 1.39. The van der Waals surface area contributed by atoms with Crippen molar-refractivity contribution in [1.82, 2.24) is 0 Å². The maximum absolute atomic E-state index is 6.90. The molecule has 0 heterocycles.